The van der Waals surface area contributed by atoms with Crippen LogP contribution in [-0.2, 0) is 5.88 Å². The van der Waals surface area contributed by atoms with Crippen LogP contribution in [0.4, 0.5) is 0 Å². The maximum absolute atomic E-state index is 6.13. The molecular formula is C16H22ClN3O. The number of benzene rings is 1. The summed E-state index contributed by atoms with van der Waals surface area (Å²) in [6, 6.07) is 6.11. The highest BCUT2D eigenvalue weighted by Crippen LogP contribution is 2.28. The Hall–Kier alpha value is -1.42. The Morgan fingerprint density at radius 2 is 2.00 bits per heavy atom. The minimum Gasteiger partial charge on any atom is -0.489 e. The van der Waals surface area contributed by atoms with E-state index in [2.05, 4.69) is 15.8 Å². The van der Waals surface area contributed by atoms with Crippen LogP contribution in [0.3, 0.4) is 0 Å². The standard InChI is InChI=1S/C16H22ClN3O/c1-12(2)21-14-8-6-7-13-16(14)18-15(11-17)20(13)19-9-4-3-5-10-19/h6-8,12H,3-5,9-11H2,1-2H3. The van der Waals surface area contributed by atoms with E-state index >= 15 is 0 Å². The molecule has 0 atom stereocenters. The molecule has 114 valence electrons. The molecule has 5 heteroatoms. The molecule has 1 fully saturated rings. The lowest BCUT2D eigenvalue weighted by atomic mass is 10.2. The van der Waals surface area contributed by atoms with Gasteiger partial charge in [0.2, 0.25) is 0 Å². The van der Waals surface area contributed by atoms with Gasteiger partial charge in [-0.25, -0.2) is 9.66 Å². The Morgan fingerprint density at radius 1 is 1.24 bits per heavy atom. The first kappa shape index (κ1) is 14.5. The third-order valence-corrected chi connectivity index (χ3v) is 4.03. The monoisotopic (exact) mass is 307 g/mol. The molecule has 1 aromatic carbocycles. The molecule has 21 heavy (non-hydrogen) atoms. The summed E-state index contributed by atoms with van der Waals surface area (Å²) in [6.07, 6.45) is 3.89. The Labute approximate surface area is 130 Å². The van der Waals surface area contributed by atoms with Crippen molar-refractivity contribution in [2.75, 3.05) is 18.1 Å². The van der Waals surface area contributed by atoms with E-state index in [0.29, 0.717) is 5.88 Å². The summed E-state index contributed by atoms with van der Waals surface area (Å²) in [5.41, 5.74) is 2.00. The van der Waals surface area contributed by atoms with Crippen LogP contribution in [-0.4, -0.2) is 28.9 Å². The Bertz CT molecular complexity index is 617. The van der Waals surface area contributed by atoms with E-state index in [1.165, 1.54) is 19.3 Å². The van der Waals surface area contributed by atoms with Crippen LogP contribution in [0.1, 0.15) is 38.9 Å². The van der Waals surface area contributed by atoms with Crippen LogP contribution in [0.2, 0.25) is 0 Å². The van der Waals surface area contributed by atoms with Crippen LogP contribution < -0.4 is 9.75 Å². The van der Waals surface area contributed by atoms with Gasteiger partial charge in [0.25, 0.3) is 0 Å². The summed E-state index contributed by atoms with van der Waals surface area (Å²) in [7, 11) is 0. The van der Waals surface area contributed by atoms with Crippen LogP contribution in [0.25, 0.3) is 11.0 Å². The van der Waals surface area contributed by atoms with Crippen molar-refractivity contribution in [3.63, 3.8) is 0 Å². The van der Waals surface area contributed by atoms with Crippen molar-refractivity contribution in [2.45, 2.75) is 45.1 Å². The van der Waals surface area contributed by atoms with Gasteiger partial charge in [-0.05, 0) is 45.2 Å². The summed E-state index contributed by atoms with van der Waals surface area (Å²) in [6.45, 7) is 6.18. The average molecular weight is 308 g/mol. The quantitative estimate of drug-likeness (QED) is 0.807. The fraction of sp³-hybridized carbons (Fsp3) is 0.562. The zero-order chi connectivity index (χ0) is 14.8. The first-order valence-electron chi connectivity index (χ1n) is 7.69. The molecule has 3 rings (SSSR count). The molecule has 1 aromatic heterocycles. The Kier molecular flexibility index (Phi) is 4.24. The van der Waals surface area contributed by atoms with Crippen LogP contribution in [0, 0.1) is 0 Å². The molecule has 0 amide bonds. The summed E-state index contributed by atoms with van der Waals surface area (Å²) in [5.74, 6) is 2.14. The van der Waals surface area contributed by atoms with Gasteiger partial charge in [-0.3, -0.25) is 0 Å². The van der Waals surface area contributed by atoms with Gasteiger partial charge in [-0.2, -0.15) is 0 Å². The molecule has 1 saturated heterocycles. The number of fused-ring (bicyclic) bond motifs is 1. The number of aromatic nitrogens is 2. The van der Waals surface area contributed by atoms with Gasteiger partial charge in [0, 0.05) is 13.1 Å². The van der Waals surface area contributed by atoms with Crippen molar-refractivity contribution in [3.05, 3.63) is 24.0 Å². The smallest absolute Gasteiger partial charge is 0.147 e. The molecule has 0 saturated carbocycles. The molecule has 2 aromatic rings. The fourth-order valence-corrected chi connectivity index (χ4v) is 3.11. The van der Waals surface area contributed by atoms with Crippen molar-refractivity contribution in [2.24, 2.45) is 0 Å². The van der Waals surface area contributed by atoms with Gasteiger partial charge in [0.1, 0.15) is 17.1 Å². The molecule has 0 radical (unpaired) electrons. The number of alkyl halides is 1. The number of ether oxygens (including phenoxy) is 1. The van der Waals surface area contributed by atoms with Crippen LogP contribution in [0.5, 0.6) is 5.75 Å². The Balaban J connectivity index is 2.09. The van der Waals surface area contributed by atoms with Gasteiger partial charge in [0.15, 0.2) is 0 Å². The lowest BCUT2D eigenvalue weighted by Crippen LogP contribution is -2.39. The van der Waals surface area contributed by atoms with Crippen molar-refractivity contribution in [1.29, 1.82) is 0 Å². The molecular weight excluding hydrogens is 286 g/mol. The lowest BCUT2D eigenvalue weighted by Gasteiger charge is -2.31. The number of hydrogen-bond acceptors (Lipinski definition) is 3. The summed E-state index contributed by atoms with van der Waals surface area (Å²) in [5, 5.41) is 2.36. The van der Waals surface area contributed by atoms with E-state index < -0.39 is 0 Å². The third-order valence-electron chi connectivity index (χ3n) is 3.79. The van der Waals surface area contributed by atoms with Crippen LogP contribution >= 0.6 is 11.6 Å². The molecule has 0 N–H and O–H groups in total. The van der Waals surface area contributed by atoms with Gasteiger partial charge in [-0.1, -0.05) is 6.07 Å². The van der Waals surface area contributed by atoms with Gasteiger partial charge >= 0.3 is 0 Å². The van der Waals surface area contributed by atoms with E-state index in [9.17, 15) is 0 Å². The highest BCUT2D eigenvalue weighted by atomic mass is 35.5. The zero-order valence-corrected chi connectivity index (χ0v) is 13.4. The topological polar surface area (TPSA) is 30.3 Å². The molecule has 4 nitrogen and oxygen atoms in total. The summed E-state index contributed by atoms with van der Waals surface area (Å²) < 4.78 is 8.08. The second-order valence-corrected chi connectivity index (χ2v) is 6.05. The van der Waals surface area contributed by atoms with Crippen LogP contribution in [0.15, 0.2) is 18.2 Å². The average Bonchev–Trinajstić information content (AvgIpc) is 2.87. The SMILES string of the molecule is CC(C)Oc1cccc2c1nc(CCl)n2N1CCCCC1. The van der Waals surface area contributed by atoms with E-state index in [4.69, 9.17) is 21.3 Å². The van der Waals surface area contributed by atoms with E-state index in [1.54, 1.807) is 0 Å². The molecule has 1 aliphatic rings. The highest BCUT2D eigenvalue weighted by Gasteiger charge is 2.20. The first-order valence-corrected chi connectivity index (χ1v) is 8.22. The molecule has 2 heterocycles. The Morgan fingerprint density at radius 3 is 2.67 bits per heavy atom. The van der Waals surface area contributed by atoms with Crippen molar-refractivity contribution in [1.82, 2.24) is 9.66 Å². The highest BCUT2D eigenvalue weighted by molar-refractivity contribution is 6.16. The first-order chi connectivity index (χ1) is 10.2. The second-order valence-electron chi connectivity index (χ2n) is 5.78. The molecule has 0 spiro atoms. The minimum absolute atomic E-state index is 0.134. The molecule has 0 aliphatic carbocycles. The number of imidazole rings is 1. The van der Waals surface area contributed by atoms with Gasteiger partial charge in [0.05, 0.1) is 17.5 Å². The largest absolute Gasteiger partial charge is 0.489 e. The number of rotatable bonds is 4. The van der Waals surface area contributed by atoms with Crippen molar-refractivity contribution in [3.8, 4) is 5.75 Å². The van der Waals surface area contributed by atoms with Crippen molar-refractivity contribution < 1.29 is 4.74 Å². The van der Waals surface area contributed by atoms with Crippen molar-refractivity contribution >= 4 is 22.6 Å². The maximum atomic E-state index is 6.13. The summed E-state index contributed by atoms with van der Waals surface area (Å²) in [4.78, 5) is 4.72. The number of piperidine rings is 1. The third kappa shape index (κ3) is 2.82. The van der Waals surface area contributed by atoms with Gasteiger partial charge in [-0.15, -0.1) is 11.6 Å². The molecule has 0 bridgehead atoms. The summed E-state index contributed by atoms with van der Waals surface area (Å²) >= 11 is 6.13. The number of hydrogen-bond donors (Lipinski definition) is 0. The zero-order valence-electron chi connectivity index (χ0n) is 12.7. The fourth-order valence-electron chi connectivity index (χ4n) is 2.94. The van der Waals surface area contributed by atoms with Gasteiger partial charge < -0.3 is 9.75 Å². The van der Waals surface area contributed by atoms with E-state index in [1.807, 2.05) is 26.0 Å². The maximum Gasteiger partial charge on any atom is 0.147 e. The normalized spacial score (nSPS) is 15.9. The number of para-hydroxylation sites is 1. The van der Waals surface area contributed by atoms with E-state index in [-0.39, 0.29) is 6.10 Å². The van der Waals surface area contributed by atoms with E-state index in [0.717, 1.165) is 35.7 Å². The molecule has 1 aliphatic heterocycles. The lowest BCUT2D eigenvalue weighted by molar-refractivity contribution is 0.245. The minimum atomic E-state index is 0.134. The molecule has 0 unspecified atom stereocenters. The predicted octanol–water partition coefficient (Wildman–Crippen LogP) is 3.68. The number of halogens is 1. The second kappa shape index (κ2) is 6.14. The number of nitrogens with zero attached hydrogens (tertiary/aromatic N) is 3. The predicted molar refractivity (Wildman–Crippen MR) is 86.9 cm³/mol.